The summed E-state index contributed by atoms with van der Waals surface area (Å²) in [5, 5.41) is 8.55. The third-order valence-corrected chi connectivity index (χ3v) is 1.49. The smallest absolute Gasteiger partial charge is 0.141 e. The van der Waals surface area contributed by atoms with E-state index in [1.165, 1.54) is 0 Å². The van der Waals surface area contributed by atoms with Gasteiger partial charge in [0.1, 0.15) is 17.5 Å². The lowest BCUT2D eigenvalue weighted by Gasteiger charge is -1.88. The summed E-state index contributed by atoms with van der Waals surface area (Å²) in [6.45, 7) is 0. The molecule has 13 heavy (non-hydrogen) atoms. The van der Waals surface area contributed by atoms with Gasteiger partial charge in [0.05, 0.1) is 0 Å². The molecular formula is C10H7ClN2. The van der Waals surface area contributed by atoms with Gasteiger partial charge in [-0.15, -0.1) is 11.6 Å². The minimum absolute atomic E-state index is 0.387. The molecule has 2 nitrogen and oxygen atoms in total. The minimum Gasteiger partial charge on any atom is -0.229 e. The van der Waals surface area contributed by atoms with Gasteiger partial charge in [-0.1, -0.05) is 12.0 Å². The summed E-state index contributed by atoms with van der Waals surface area (Å²) >= 11 is 5.45. The van der Waals surface area contributed by atoms with Crippen LogP contribution in [0, 0.1) is 23.2 Å². The Hall–Kier alpha value is -1.51. The van der Waals surface area contributed by atoms with Crippen LogP contribution >= 0.6 is 11.6 Å². The topological polar surface area (TPSA) is 36.7 Å². The summed E-state index contributed by atoms with van der Waals surface area (Å²) in [4.78, 5) is 3.99. The van der Waals surface area contributed by atoms with E-state index in [0.29, 0.717) is 23.7 Å². The van der Waals surface area contributed by atoms with Crippen LogP contribution in [0.5, 0.6) is 0 Å². The predicted molar refractivity (Wildman–Crippen MR) is 51.2 cm³/mol. The molecule has 3 heteroatoms. The highest BCUT2D eigenvalue weighted by Gasteiger charge is 1.91. The van der Waals surface area contributed by atoms with Crippen LogP contribution in [0.4, 0.5) is 0 Å². The molecule has 0 aliphatic heterocycles. The Morgan fingerprint density at radius 2 is 2.15 bits per heavy atom. The van der Waals surface area contributed by atoms with E-state index in [0.717, 1.165) is 0 Å². The molecule has 0 saturated carbocycles. The molecule has 0 atom stereocenters. The van der Waals surface area contributed by atoms with E-state index in [1.807, 2.05) is 6.07 Å². The summed E-state index contributed by atoms with van der Waals surface area (Å²) in [5.41, 5.74) is 1.00. The highest BCUT2D eigenvalue weighted by atomic mass is 35.5. The van der Waals surface area contributed by atoms with Crippen molar-refractivity contribution in [3.63, 3.8) is 0 Å². The second-order valence-corrected chi connectivity index (χ2v) is 2.64. The van der Waals surface area contributed by atoms with Gasteiger partial charge in [0.25, 0.3) is 0 Å². The SMILES string of the molecule is N#Cc1cccc(C#CCCCl)n1. The Bertz CT molecular complexity index is 382. The van der Waals surface area contributed by atoms with Crippen molar-refractivity contribution in [3.8, 4) is 17.9 Å². The third-order valence-electron chi connectivity index (χ3n) is 1.30. The number of halogens is 1. The van der Waals surface area contributed by atoms with Gasteiger partial charge in [0.2, 0.25) is 0 Å². The van der Waals surface area contributed by atoms with Crippen LogP contribution in [-0.2, 0) is 0 Å². The predicted octanol–water partition coefficient (Wildman–Crippen LogP) is 1.93. The molecule has 0 N–H and O–H groups in total. The van der Waals surface area contributed by atoms with Crippen LogP contribution in [0.3, 0.4) is 0 Å². The molecule has 0 amide bonds. The largest absolute Gasteiger partial charge is 0.229 e. The van der Waals surface area contributed by atoms with Gasteiger partial charge >= 0.3 is 0 Å². The molecule has 0 aliphatic rings. The number of hydrogen-bond acceptors (Lipinski definition) is 2. The van der Waals surface area contributed by atoms with Gasteiger partial charge in [-0.25, -0.2) is 4.98 Å². The standard InChI is InChI=1S/C10H7ClN2/c11-7-2-1-4-9-5-3-6-10(8-12)13-9/h3,5-6H,2,7H2. The van der Waals surface area contributed by atoms with Crippen molar-refractivity contribution in [1.82, 2.24) is 4.98 Å². The molecule has 1 rings (SSSR count). The first-order chi connectivity index (χ1) is 6.36. The second-order valence-electron chi connectivity index (χ2n) is 2.26. The first-order valence-corrected chi connectivity index (χ1v) is 4.32. The molecule has 0 unspecified atom stereocenters. The highest BCUT2D eigenvalue weighted by Crippen LogP contribution is 1.96. The van der Waals surface area contributed by atoms with Crippen molar-refractivity contribution >= 4 is 11.6 Å². The molecule has 1 heterocycles. The van der Waals surface area contributed by atoms with Gasteiger partial charge in [-0.2, -0.15) is 5.26 Å². The molecule has 0 bridgehead atoms. The summed E-state index contributed by atoms with van der Waals surface area (Å²) in [5.74, 6) is 6.19. The summed E-state index contributed by atoms with van der Waals surface area (Å²) in [6, 6.07) is 7.12. The van der Waals surface area contributed by atoms with Crippen LogP contribution in [-0.4, -0.2) is 10.9 Å². The molecule has 0 aliphatic carbocycles. The Labute approximate surface area is 82.2 Å². The fraction of sp³-hybridized carbons (Fsp3) is 0.200. The Balaban J connectivity index is 2.81. The van der Waals surface area contributed by atoms with E-state index in [2.05, 4.69) is 16.8 Å². The van der Waals surface area contributed by atoms with E-state index in [9.17, 15) is 0 Å². The lowest BCUT2D eigenvalue weighted by atomic mass is 10.3. The highest BCUT2D eigenvalue weighted by molar-refractivity contribution is 6.18. The normalized spacial score (nSPS) is 8.31. The van der Waals surface area contributed by atoms with Crippen LogP contribution in [0.15, 0.2) is 18.2 Å². The van der Waals surface area contributed by atoms with Crippen molar-refractivity contribution in [2.75, 3.05) is 5.88 Å². The molecule has 0 spiro atoms. The molecule has 1 aromatic heterocycles. The molecule has 0 fully saturated rings. The van der Waals surface area contributed by atoms with Crippen LogP contribution in [0.25, 0.3) is 0 Å². The first kappa shape index (κ1) is 9.58. The van der Waals surface area contributed by atoms with Crippen molar-refractivity contribution in [3.05, 3.63) is 29.6 Å². The maximum Gasteiger partial charge on any atom is 0.141 e. The van der Waals surface area contributed by atoms with E-state index in [4.69, 9.17) is 16.9 Å². The molecule has 1 aromatic rings. The van der Waals surface area contributed by atoms with E-state index < -0.39 is 0 Å². The average molecular weight is 191 g/mol. The monoisotopic (exact) mass is 190 g/mol. The van der Waals surface area contributed by atoms with Crippen LogP contribution in [0.1, 0.15) is 17.8 Å². The zero-order valence-corrected chi connectivity index (χ0v) is 7.67. The molecule has 0 radical (unpaired) electrons. The van der Waals surface area contributed by atoms with Gasteiger partial charge in [0.15, 0.2) is 0 Å². The fourth-order valence-corrected chi connectivity index (χ4v) is 0.861. The number of nitriles is 1. The number of alkyl halides is 1. The van der Waals surface area contributed by atoms with Crippen molar-refractivity contribution in [1.29, 1.82) is 5.26 Å². The maximum absolute atomic E-state index is 8.55. The van der Waals surface area contributed by atoms with Crippen LogP contribution in [0.2, 0.25) is 0 Å². The maximum atomic E-state index is 8.55. The van der Waals surface area contributed by atoms with Crippen molar-refractivity contribution in [2.45, 2.75) is 6.42 Å². The van der Waals surface area contributed by atoms with E-state index in [1.54, 1.807) is 18.2 Å². The van der Waals surface area contributed by atoms with E-state index in [-0.39, 0.29) is 0 Å². The van der Waals surface area contributed by atoms with Gasteiger partial charge in [0, 0.05) is 12.3 Å². The molecule has 64 valence electrons. The zero-order valence-electron chi connectivity index (χ0n) is 6.92. The third kappa shape index (κ3) is 3.15. The molecule has 0 aromatic carbocycles. The second kappa shape index (κ2) is 5.19. The van der Waals surface area contributed by atoms with Crippen molar-refractivity contribution < 1.29 is 0 Å². The summed E-state index contributed by atoms with van der Waals surface area (Å²) in [7, 11) is 0. The number of pyridine rings is 1. The number of hydrogen-bond donors (Lipinski definition) is 0. The van der Waals surface area contributed by atoms with E-state index >= 15 is 0 Å². The Morgan fingerprint density at radius 3 is 2.85 bits per heavy atom. The number of nitrogens with zero attached hydrogens (tertiary/aromatic N) is 2. The Kier molecular flexibility index (Phi) is 3.82. The molecule has 0 saturated heterocycles. The summed E-state index contributed by atoms with van der Waals surface area (Å²) < 4.78 is 0. The average Bonchev–Trinajstić information content (AvgIpc) is 2.19. The molecular weight excluding hydrogens is 184 g/mol. The van der Waals surface area contributed by atoms with Gasteiger partial charge in [-0.3, -0.25) is 0 Å². The minimum atomic E-state index is 0.387. The summed E-state index contributed by atoms with van der Waals surface area (Å²) in [6.07, 6.45) is 0.639. The number of rotatable bonds is 1. The zero-order chi connectivity index (χ0) is 9.52. The fourth-order valence-electron chi connectivity index (χ4n) is 0.767. The lowest BCUT2D eigenvalue weighted by Crippen LogP contribution is -1.85. The quantitative estimate of drug-likeness (QED) is 0.501. The van der Waals surface area contributed by atoms with Gasteiger partial charge in [-0.05, 0) is 18.1 Å². The number of aromatic nitrogens is 1. The van der Waals surface area contributed by atoms with Crippen molar-refractivity contribution in [2.24, 2.45) is 0 Å². The first-order valence-electron chi connectivity index (χ1n) is 3.79. The van der Waals surface area contributed by atoms with Crippen LogP contribution < -0.4 is 0 Å². The lowest BCUT2D eigenvalue weighted by molar-refractivity contribution is 1.22. The Morgan fingerprint density at radius 1 is 1.38 bits per heavy atom. The van der Waals surface area contributed by atoms with Gasteiger partial charge < -0.3 is 0 Å².